The van der Waals surface area contributed by atoms with E-state index < -0.39 is 0 Å². The van der Waals surface area contributed by atoms with E-state index in [9.17, 15) is 4.79 Å². The Hall–Kier alpha value is -0.630. The zero-order valence-electron chi connectivity index (χ0n) is 7.11. The number of rotatable bonds is 3. The van der Waals surface area contributed by atoms with Gasteiger partial charge in [0.2, 0.25) is 0 Å². The fourth-order valence-corrected chi connectivity index (χ4v) is 2.81. The van der Waals surface area contributed by atoms with Crippen LogP contribution in [0.5, 0.6) is 0 Å². The van der Waals surface area contributed by atoms with Gasteiger partial charge in [-0.25, -0.2) is 0 Å². The minimum atomic E-state index is 0.458. The van der Waals surface area contributed by atoms with Crippen molar-refractivity contribution in [3.8, 4) is 0 Å². The third kappa shape index (κ3) is 1.68. The minimum Gasteiger partial charge on any atom is -0.542 e. The van der Waals surface area contributed by atoms with E-state index in [1.807, 2.05) is 24.5 Å². The highest BCUT2D eigenvalue weighted by molar-refractivity contribution is 9.09. The highest BCUT2D eigenvalue weighted by Gasteiger charge is 2.46. The van der Waals surface area contributed by atoms with Gasteiger partial charge in [0.1, 0.15) is 0 Å². The van der Waals surface area contributed by atoms with Crippen molar-refractivity contribution in [2.75, 3.05) is 0 Å². The van der Waals surface area contributed by atoms with Crippen LogP contribution in [0.15, 0.2) is 30.3 Å². The van der Waals surface area contributed by atoms with Crippen molar-refractivity contribution in [1.29, 1.82) is 0 Å². The topological polar surface area (TPSA) is 17.1 Å². The van der Waals surface area contributed by atoms with Crippen LogP contribution in [-0.2, 0) is 4.79 Å². The molecule has 0 spiro atoms. The number of carbonyl (C=O) groups excluding carboxylic acids is 1. The van der Waals surface area contributed by atoms with Crippen molar-refractivity contribution in [2.24, 2.45) is 5.92 Å². The van der Waals surface area contributed by atoms with Crippen molar-refractivity contribution < 1.29 is 4.79 Å². The van der Waals surface area contributed by atoms with Gasteiger partial charge in [0.05, 0.1) is 0 Å². The van der Waals surface area contributed by atoms with Crippen molar-refractivity contribution >= 4 is 22.2 Å². The van der Waals surface area contributed by atoms with Gasteiger partial charge in [0, 0.05) is 4.83 Å². The Morgan fingerprint density at radius 3 is 2.62 bits per heavy atom. The maximum Gasteiger partial charge on any atom is 0.0228 e. The summed E-state index contributed by atoms with van der Waals surface area (Å²) in [5.74, 6) is 0.975. The van der Waals surface area contributed by atoms with Crippen LogP contribution >= 0.6 is 15.9 Å². The van der Waals surface area contributed by atoms with Crippen LogP contribution in [0.1, 0.15) is 17.9 Å². The first-order valence-electron chi connectivity index (χ1n) is 4.38. The van der Waals surface area contributed by atoms with Crippen molar-refractivity contribution in [3.63, 3.8) is 0 Å². The molecule has 0 amide bonds. The number of alkyl halides is 1. The number of hydrogen-bond donors (Lipinski definition) is 0. The minimum absolute atomic E-state index is 0.458. The van der Waals surface area contributed by atoms with Gasteiger partial charge < -0.3 is 4.79 Å². The zero-order chi connectivity index (χ0) is 9.26. The lowest BCUT2D eigenvalue weighted by Crippen LogP contribution is -1.83. The molecule has 1 fully saturated rings. The highest BCUT2D eigenvalue weighted by atomic mass is 79.9. The molecule has 0 bridgehead atoms. The van der Waals surface area contributed by atoms with E-state index in [1.54, 1.807) is 0 Å². The molecular formula is C11H10BrO-. The van der Waals surface area contributed by atoms with Crippen molar-refractivity contribution in [1.82, 2.24) is 0 Å². The largest absolute Gasteiger partial charge is 0.542 e. The van der Waals surface area contributed by atoms with E-state index in [-0.39, 0.29) is 0 Å². The Kier molecular flexibility index (Phi) is 2.49. The Labute approximate surface area is 86.3 Å². The standard InChI is InChI=1S/C11H10BrO/c12-11-9(6-7-13)10(11)8-4-2-1-3-5-8/h1-5,9-11H,6H2/q-1/t9-,10+,11+/m1/s1. The van der Waals surface area contributed by atoms with Crippen molar-refractivity contribution in [3.05, 3.63) is 35.9 Å². The van der Waals surface area contributed by atoms with Crippen LogP contribution in [0.2, 0.25) is 0 Å². The normalized spacial score (nSPS) is 31.3. The van der Waals surface area contributed by atoms with Gasteiger partial charge in [-0.1, -0.05) is 46.3 Å². The lowest BCUT2D eigenvalue weighted by molar-refractivity contribution is 0.546. The van der Waals surface area contributed by atoms with E-state index in [1.165, 1.54) is 5.56 Å². The molecule has 68 valence electrons. The Balaban J connectivity index is 2.09. The van der Waals surface area contributed by atoms with Gasteiger partial charge in [-0.3, -0.25) is 6.29 Å². The van der Waals surface area contributed by atoms with Gasteiger partial charge >= 0.3 is 0 Å². The van der Waals surface area contributed by atoms with E-state index in [2.05, 4.69) is 28.1 Å². The fourth-order valence-electron chi connectivity index (χ4n) is 1.77. The second-order valence-electron chi connectivity index (χ2n) is 3.39. The molecule has 3 atom stereocenters. The van der Waals surface area contributed by atoms with Gasteiger partial charge in [0.15, 0.2) is 0 Å². The number of benzene rings is 1. The summed E-state index contributed by atoms with van der Waals surface area (Å²) in [6.45, 7) is 0. The van der Waals surface area contributed by atoms with Gasteiger partial charge in [-0.05, 0) is 17.4 Å². The van der Waals surface area contributed by atoms with Crippen LogP contribution in [0.3, 0.4) is 0 Å². The molecule has 1 aromatic rings. The Bertz CT molecular complexity index is 296. The summed E-state index contributed by atoms with van der Waals surface area (Å²) in [4.78, 5) is 10.7. The Morgan fingerprint density at radius 2 is 2.00 bits per heavy atom. The van der Waals surface area contributed by atoms with Gasteiger partial charge in [-0.2, -0.15) is 0 Å². The first-order chi connectivity index (χ1) is 6.34. The second kappa shape index (κ2) is 3.62. The van der Waals surface area contributed by atoms with E-state index in [4.69, 9.17) is 0 Å². The molecule has 1 aromatic carbocycles. The molecule has 1 aliphatic carbocycles. The summed E-state index contributed by atoms with van der Waals surface area (Å²) in [6.07, 6.45) is 2.53. The predicted molar refractivity (Wildman–Crippen MR) is 55.7 cm³/mol. The summed E-state index contributed by atoms with van der Waals surface area (Å²) in [7, 11) is 0. The summed E-state index contributed by atoms with van der Waals surface area (Å²) in [5.41, 5.74) is 1.32. The molecule has 0 saturated heterocycles. The quantitative estimate of drug-likeness (QED) is 0.584. The van der Waals surface area contributed by atoms with Gasteiger partial charge in [0.25, 0.3) is 0 Å². The summed E-state index contributed by atoms with van der Waals surface area (Å²) >= 11 is 3.57. The summed E-state index contributed by atoms with van der Waals surface area (Å²) in [6, 6.07) is 10.3. The van der Waals surface area contributed by atoms with Crippen LogP contribution in [0.25, 0.3) is 0 Å². The molecule has 0 unspecified atom stereocenters. The highest BCUT2D eigenvalue weighted by Crippen LogP contribution is 2.54. The molecule has 0 radical (unpaired) electrons. The van der Waals surface area contributed by atoms with E-state index in [0.717, 1.165) is 0 Å². The van der Waals surface area contributed by atoms with E-state index in [0.29, 0.717) is 23.1 Å². The smallest absolute Gasteiger partial charge is 0.0228 e. The van der Waals surface area contributed by atoms with Crippen LogP contribution in [-0.4, -0.2) is 11.1 Å². The third-order valence-electron chi connectivity index (χ3n) is 2.58. The molecule has 2 rings (SSSR count). The van der Waals surface area contributed by atoms with Crippen LogP contribution in [0, 0.1) is 5.92 Å². The fraction of sp³-hybridized carbons (Fsp3) is 0.364. The maximum absolute atomic E-state index is 10.2. The van der Waals surface area contributed by atoms with Crippen molar-refractivity contribution in [2.45, 2.75) is 17.2 Å². The summed E-state index contributed by atoms with van der Waals surface area (Å²) in [5, 5.41) is 0. The lowest BCUT2D eigenvalue weighted by Gasteiger charge is -1.98. The van der Waals surface area contributed by atoms with Gasteiger partial charge in [-0.15, -0.1) is 6.42 Å². The number of hydrogen-bond acceptors (Lipinski definition) is 1. The molecule has 0 aliphatic heterocycles. The monoisotopic (exact) mass is 237 g/mol. The predicted octanol–water partition coefficient (Wildman–Crippen LogP) is 2.66. The first kappa shape index (κ1) is 8.95. The molecular weight excluding hydrogens is 228 g/mol. The first-order valence-corrected chi connectivity index (χ1v) is 5.30. The molecule has 1 saturated carbocycles. The van der Waals surface area contributed by atoms with Crippen LogP contribution in [0.4, 0.5) is 0 Å². The average molecular weight is 238 g/mol. The molecule has 1 nitrogen and oxygen atoms in total. The second-order valence-corrected chi connectivity index (χ2v) is 4.45. The average Bonchev–Trinajstić information content (AvgIpc) is 2.79. The molecule has 1 aliphatic rings. The SMILES string of the molecule is O=[C-]C[C@H]1[C@H](Br)[C@H]1c1ccccc1. The molecule has 0 aromatic heterocycles. The van der Waals surface area contributed by atoms with Crippen LogP contribution < -0.4 is 0 Å². The Morgan fingerprint density at radius 1 is 1.31 bits per heavy atom. The molecule has 0 N–H and O–H groups in total. The summed E-state index contributed by atoms with van der Waals surface area (Å²) < 4.78 is 0. The van der Waals surface area contributed by atoms with E-state index >= 15 is 0 Å². The lowest BCUT2D eigenvalue weighted by atomic mass is 10.1. The molecule has 13 heavy (non-hydrogen) atoms. The zero-order valence-corrected chi connectivity index (χ0v) is 8.70. The maximum atomic E-state index is 10.2. The number of halogens is 1. The third-order valence-corrected chi connectivity index (χ3v) is 3.82. The molecule has 0 heterocycles. The molecule has 2 heteroatoms.